The largest absolute Gasteiger partial charge is 0.309 e. The van der Waals surface area contributed by atoms with Gasteiger partial charge in [-0.2, -0.15) is 0 Å². The molecular weight excluding hydrogens is 563 g/mol. The minimum Gasteiger partial charge on any atom is -0.309 e. The molecule has 0 saturated heterocycles. The van der Waals surface area contributed by atoms with Crippen LogP contribution in [0.1, 0.15) is 22.3 Å². The number of rotatable bonds is 1. The normalized spacial score (nSPS) is 14.0. The van der Waals surface area contributed by atoms with Crippen molar-refractivity contribution in [1.82, 2.24) is 4.57 Å². The minimum absolute atomic E-state index is 0.429. The highest BCUT2D eigenvalue weighted by atomic mass is 32.1. The fourth-order valence-corrected chi connectivity index (χ4v) is 9.73. The topological polar surface area (TPSA) is 4.93 Å². The van der Waals surface area contributed by atoms with E-state index < -0.39 is 5.41 Å². The molecule has 0 amide bonds. The maximum Gasteiger partial charge on any atom is 0.0754 e. The van der Waals surface area contributed by atoms with Gasteiger partial charge in [-0.25, -0.2) is 0 Å². The molecule has 1 nitrogen and oxygen atoms in total. The van der Waals surface area contributed by atoms with E-state index in [4.69, 9.17) is 0 Å². The summed E-state index contributed by atoms with van der Waals surface area (Å²) < 4.78 is 5.21. The van der Waals surface area contributed by atoms with E-state index >= 15 is 0 Å². The Morgan fingerprint density at radius 3 is 1.89 bits per heavy atom. The lowest BCUT2D eigenvalue weighted by molar-refractivity contribution is 0.749. The molecule has 7 aromatic carbocycles. The molecule has 0 bridgehead atoms. The fourth-order valence-electron chi connectivity index (χ4n) is 8.65. The zero-order chi connectivity index (χ0) is 29.3. The first-order chi connectivity index (χ1) is 22.3. The summed E-state index contributed by atoms with van der Waals surface area (Å²) in [5.41, 5.74) is 14.0. The molecule has 2 aromatic heterocycles. The van der Waals surface area contributed by atoms with Crippen LogP contribution in [0.15, 0.2) is 152 Å². The van der Waals surface area contributed by atoms with Gasteiger partial charge < -0.3 is 4.57 Å². The van der Waals surface area contributed by atoms with E-state index in [2.05, 4.69) is 156 Å². The number of fused-ring (bicyclic) bond motifs is 15. The Morgan fingerprint density at radius 2 is 1.04 bits per heavy atom. The van der Waals surface area contributed by atoms with Crippen molar-refractivity contribution in [3.8, 4) is 27.9 Å². The molecule has 45 heavy (non-hydrogen) atoms. The molecule has 0 radical (unpaired) electrons. The second-order valence-electron chi connectivity index (χ2n) is 12.4. The van der Waals surface area contributed by atoms with Gasteiger partial charge >= 0.3 is 0 Å². The lowest BCUT2D eigenvalue weighted by Gasteiger charge is -2.40. The van der Waals surface area contributed by atoms with Crippen LogP contribution in [0.5, 0.6) is 0 Å². The van der Waals surface area contributed by atoms with Crippen LogP contribution in [0, 0.1) is 0 Å². The van der Waals surface area contributed by atoms with E-state index in [9.17, 15) is 0 Å². The van der Waals surface area contributed by atoms with Crippen LogP contribution in [0.3, 0.4) is 0 Å². The molecule has 2 aliphatic rings. The number of benzene rings is 7. The van der Waals surface area contributed by atoms with Crippen molar-refractivity contribution in [1.29, 1.82) is 0 Å². The molecule has 0 N–H and O–H groups in total. The zero-order valence-corrected chi connectivity index (χ0v) is 25.1. The monoisotopic (exact) mass is 587 g/mol. The Kier molecular flexibility index (Phi) is 4.46. The van der Waals surface area contributed by atoms with E-state index in [0.717, 1.165) is 0 Å². The molecule has 208 valence electrons. The van der Waals surface area contributed by atoms with Gasteiger partial charge in [-0.3, -0.25) is 0 Å². The second-order valence-corrected chi connectivity index (χ2v) is 13.5. The molecule has 1 aliphatic heterocycles. The average molecular weight is 588 g/mol. The van der Waals surface area contributed by atoms with E-state index in [1.54, 1.807) is 0 Å². The predicted octanol–water partition coefficient (Wildman–Crippen LogP) is 11.5. The summed E-state index contributed by atoms with van der Waals surface area (Å²) >= 11 is 1.88. The van der Waals surface area contributed by atoms with Crippen LogP contribution >= 0.6 is 11.3 Å². The minimum atomic E-state index is -0.429. The Balaban J connectivity index is 1.30. The second kappa shape index (κ2) is 8.38. The first-order valence-corrected chi connectivity index (χ1v) is 16.4. The number of nitrogens with zero attached hydrogens (tertiary/aromatic N) is 1. The molecule has 11 rings (SSSR count). The summed E-state index contributed by atoms with van der Waals surface area (Å²) in [5, 5.41) is 5.28. The van der Waals surface area contributed by atoms with Crippen LogP contribution < -0.4 is 0 Å². The molecule has 9 aromatic rings. The van der Waals surface area contributed by atoms with Crippen molar-refractivity contribution in [3.05, 3.63) is 174 Å². The van der Waals surface area contributed by atoms with Crippen molar-refractivity contribution in [2.45, 2.75) is 5.41 Å². The number of hydrogen-bond donors (Lipinski definition) is 0. The lowest BCUT2D eigenvalue weighted by Crippen LogP contribution is -2.33. The van der Waals surface area contributed by atoms with E-state index in [-0.39, 0.29) is 0 Å². The fraction of sp³-hybridized carbons (Fsp3) is 0.0233. The summed E-state index contributed by atoms with van der Waals surface area (Å²) in [6, 6.07) is 57.0. The Morgan fingerprint density at radius 1 is 0.422 bits per heavy atom. The molecule has 0 atom stereocenters. The molecule has 0 saturated carbocycles. The molecule has 0 fully saturated rings. The molecule has 2 heteroatoms. The zero-order valence-electron chi connectivity index (χ0n) is 24.3. The maximum atomic E-state index is 2.53. The van der Waals surface area contributed by atoms with Crippen molar-refractivity contribution in [2.24, 2.45) is 0 Å². The van der Waals surface area contributed by atoms with Gasteiger partial charge in [0.05, 0.1) is 22.1 Å². The van der Waals surface area contributed by atoms with Gasteiger partial charge in [-0.1, -0.05) is 115 Å². The SMILES string of the molecule is c1ccc2c(c1)-c1ccccc1C21c2cc(-c3ccc4sc5ccccc5c4c3)ccc2-n2c3ccccc3c3cccc1c32. The van der Waals surface area contributed by atoms with E-state index in [1.807, 2.05) is 11.3 Å². The third-order valence-corrected chi connectivity index (χ3v) is 11.6. The summed E-state index contributed by atoms with van der Waals surface area (Å²) in [4.78, 5) is 0. The Labute approximate surface area is 264 Å². The van der Waals surface area contributed by atoms with Crippen LogP contribution in [0.25, 0.3) is 69.9 Å². The number of aromatic nitrogens is 1. The van der Waals surface area contributed by atoms with Gasteiger partial charge in [0.2, 0.25) is 0 Å². The van der Waals surface area contributed by atoms with Gasteiger partial charge in [-0.05, 0) is 80.9 Å². The summed E-state index contributed by atoms with van der Waals surface area (Å²) in [6.45, 7) is 0. The van der Waals surface area contributed by atoms with Crippen LogP contribution in [-0.2, 0) is 5.41 Å². The highest BCUT2D eigenvalue weighted by molar-refractivity contribution is 7.25. The van der Waals surface area contributed by atoms with E-state index in [0.29, 0.717) is 0 Å². The van der Waals surface area contributed by atoms with Crippen LogP contribution in [0.4, 0.5) is 0 Å². The van der Waals surface area contributed by atoms with Gasteiger partial charge in [0.25, 0.3) is 0 Å². The Bertz CT molecular complexity index is 2670. The number of thiophene rings is 1. The lowest BCUT2D eigenvalue weighted by atomic mass is 9.65. The first kappa shape index (κ1) is 23.9. The van der Waals surface area contributed by atoms with Crippen molar-refractivity contribution in [2.75, 3.05) is 0 Å². The highest BCUT2D eigenvalue weighted by Crippen LogP contribution is 2.61. The molecule has 0 unspecified atom stereocenters. The van der Waals surface area contributed by atoms with Crippen molar-refractivity contribution in [3.63, 3.8) is 0 Å². The third-order valence-electron chi connectivity index (χ3n) is 10.4. The standard InChI is InChI=1S/C43H25NS/c1-5-15-34-28(10-1)29-11-2-6-16-35(29)43(34)36-17-9-14-32-30-12-3-7-18-38(30)44(42(32)36)39-22-20-27(25-37(39)43)26-21-23-41-33(24-26)31-13-4-8-19-40(31)45-41/h1-25H. The number of para-hydroxylation sites is 2. The van der Waals surface area contributed by atoms with Crippen molar-refractivity contribution >= 4 is 53.3 Å². The third kappa shape index (κ3) is 2.85. The smallest absolute Gasteiger partial charge is 0.0754 e. The first-order valence-electron chi connectivity index (χ1n) is 15.6. The van der Waals surface area contributed by atoms with Crippen molar-refractivity contribution < 1.29 is 0 Å². The molecule has 3 heterocycles. The van der Waals surface area contributed by atoms with Crippen LogP contribution in [-0.4, -0.2) is 4.57 Å². The van der Waals surface area contributed by atoms with Gasteiger partial charge in [-0.15, -0.1) is 11.3 Å². The quantitative estimate of drug-likeness (QED) is 0.180. The predicted molar refractivity (Wildman–Crippen MR) is 190 cm³/mol. The van der Waals surface area contributed by atoms with Gasteiger partial charge in [0, 0.05) is 30.9 Å². The Hall–Kier alpha value is -5.44. The molecule has 1 aliphatic carbocycles. The van der Waals surface area contributed by atoms with Gasteiger partial charge in [0.15, 0.2) is 0 Å². The average Bonchev–Trinajstić information content (AvgIpc) is 3.74. The number of hydrogen-bond acceptors (Lipinski definition) is 1. The van der Waals surface area contributed by atoms with Gasteiger partial charge in [0.1, 0.15) is 0 Å². The summed E-state index contributed by atoms with van der Waals surface area (Å²) in [5.74, 6) is 0. The van der Waals surface area contributed by atoms with Crippen LogP contribution in [0.2, 0.25) is 0 Å². The van der Waals surface area contributed by atoms with E-state index in [1.165, 1.54) is 92.2 Å². The molecular formula is C43H25NS. The highest BCUT2D eigenvalue weighted by Gasteiger charge is 2.50. The maximum absolute atomic E-state index is 2.53. The summed E-state index contributed by atoms with van der Waals surface area (Å²) in [6.07, 6.45) is 0. The summed E-state index contributed by atoms with van der Waals surface area (Å²) in [7, 11) is 0. The molecule has 1 spiro atoms.